The van der Waals surface area contributed by atoms with Gasteiger partial charge in [0, 0.05) is 19.2 Å². The molecule has 1 saturated heterocycles. The Morgan fingerprint density at radius 3 is 2.94 bits per heavy atom. The summed E-state index contributed by atoms with van der Waals surface area (Å²) in [5.41, 5.74) is 3.81. The molecule has 172 valence electrons. The molecule has 5 rings (SSSR count). The van der Waals surface area contributed by atoms with E-state index in [1.807, 2.05) is 0 Å². The van der Waals surface area contributed by atoms with Crippen LogP contribution in [-0.2, 0) is 11.2 Å². The summed E-state index contributed by atoms with van der Waals surface area (Å²) >= 11 is 1.67. The largest absolute Gasteiger partial charge is 0.465 e. The number of carbonyl (C=O) groups is 1. The van der Waals surface area contributed by atoms with Gasteiger partial charge in [-0.25, -0.2) is 14.8 Å². The van der Waals surface area contributed by atoms with Crippen LogP contribution in [0.2, 0.25) is 0 Å². The van der Waals surface area contributed by atoms with Crippen LogP contribution in [0.4, 0.5) is 5.82 Å². The maximum atomic E-state index is 12.0. The number of likely N-dealkylation sites (tertiary alicyclic amines) is 1. The fraction of sp³-hybridized carbons (Fsp3) is 0.417. The highest BCUT2D eigenvalue weighted by Crippen LogP contribution is 2.29. The minimum absolute atomic E-state index is 0.402. The van der Waals surface area contributed by atoms with Crippen LogP contribution in [-0.4, -0.2) is 64.1 Å². The van der Waals surface area contributed by atoms with Crippen LogP contribution in [0.15, 0.2) is 29.1 Å². The molecule has 0 atom stereocenters. The van der Waals surface area contributed by atoms with Crippen molar-refractivity contribution in [3.05, 3.63) is 46.0 Å². The Balaban J connectivity index is 1.44. The molecule has 5 heterocycles. The number of hydrogen-bond donors (Lipinski definition) is 2. The first-order valence-corrected chi connectivity index (χ1v) is 12.4. The molecule has 1 aliphatic rings. The lowest BCUT2D eigenvalue weighted by atomic mass is 10.1. The molecule has 0 amide bonds. The lowest BCUT2D eigenvalue weighted by molar-refractivity contribution is 0.0600. The number of pyridine rings is 1. The Kier molecular flexibility index (Phi) is 6.50. The lowest BCUT2D eigenvalue weighted by Gasteiger charge is -2.26. The van der Waals surface area contributed by atoms with Gasteiger partial charge in [0.2, 0.25) is 0 Å². The molecular formula is C24H28N6O2S. The van der Waals surface area contributed by atoms with Crippen molar-refractivity contribution >= 4 is 45.2 Å². The summed E-state index contributed by atoms with van der Waals surface area (Å²) in [5.74, 6) is 1.12. The van der Waals surface area contributed by atoms with Crippen molar-refractivity contribution in [1.82, 2.24) is 24.8 Å². The number of aromatic amines is 1. The number of nitrogens with zero attached hydrogens (tertiary/aromatic N) is 4. The van der Waals surface area contributed by atoms with E-state index in [0.29, 0.717) is 12.0 Å². The molecule has 0 saturated carbocycles. The van der Waals surface area contributed by atoms with E-state index in [9.17, 15) is 4.79 Å². The van der Waals surface area contributed by atoms with Crippen molar-refractivity contribution in [1.29, 1.82) is 0 Å². The van der Waals surface area contributed by atoms with E-state index in [4.69, 9.17) is 14.7 Å². The summed E-state index contributed by atoms with van der Waals surface area (Å²) in [5, 5.41) is 8.59. The first-order valence-electron chi connectivity index (χ1n) is 11.5. The highest BCUT2D eigenvalue weighted by Gasteiger charge is 2.17. The fourth-order valence-electron chi connectivity index (χ4n) is 4.41. The van der Waals surface area contributed by atoms with E-state index in [1.165, 1.54) is 45.0 Å². The third kappa shape index (κ3) is 4.84. The van der Waals surface area contributed by atoms with Gasteiger partial charge in [-0.15, -0.1) is 0 Å². The highest BCUT2D eigenvalue weighted by molar-refractivity contribution is 7.07. The highest BCUT2D eigenvalue weighted by atomic mass is 32.1. The van der Waals surface area contributed by atoms with Gasteiger partial charge in [-0.1, -0.05) is 6.42 Å². The smallest absolute Gasteiger partial charge is 0.339 e. The Labute approximate surface area is 196 Å². The molecule has 0 aliphatic carbocycles. The Bertz CT molecular complexity index is 1250. The number of anilines is 1. The van der Waals surface area contributed by atoms with Crippen LogP contribution in [0.3, 0.4) is 0 Å². The molecule has 0 aromatic carbocycles. The number of hydrogen-bond acceptors (Lipinski definition) is 8. The molecule has 2 N–H and O–H groups in total. The predicted molar refractivity (Wildman–Crippen MR) is 131 cm³/mol. The van der Waals surface area contributed by atoms with E-state index in [1.54, 1.807) is 23.6 Å². The number of nitrogens with one attached hydrogen (secondary N) is 2. The van der Waals surface area contributed by atoms with Crippen LogP contribution in [0.1, 0.15) is 47.4 Å². The fourth-order valence-corrected chi connectivity index (χ4v) is 5.08. The number of thiophene rings is 1. The van der Waals surface area contributed by atoms with Crippen molar-refractivity contribution < 1.29 is 9.53 Å². The van der Waals surface area contributed by atoms with E-state index < -0.39 is 5.97 Å². The van der Waals surface area contributed by atoms with Gasteiger partial charge in [0.1, 0.15) is 22.8 Å². The van der Waals surface area contributed by atoms with Crippen molar-refractivity contribution in [2.45, 2.75) is 32.1 Å². The van der Waals surface area contributed by atoms with Crippen LogP contribution in [0.25, 0.3) is 22.1 Å². The van der Waals surface area contributed by atoms with E-state index in [2.05, 4.69) is 37.0 Å². The zero-order valence-corrected chi connectivity index (χ0v) is 19.6. The molecule has 0 bridgehead atoms. The molecule has 33 heavy (non-hydrogen) atoms. The van der Waals surface area contributed by atoms with Gasteiger partial charge in [-0.05, 0) is 67.4 Å². The Morgan fingerprint density at radius 1 is 1.27 bits per heavy atom. The summed E-state index contributed by atoms with van der Waals surface area (Å²) < 4.78 is 4.84. The third-order valence-corrected chi connectivity index (χ3v) is 6.82. The molecule has 9 heteroatoms. The second-order valence-electron chi connectivity index (χ2n) is 8.44. The van der Waals surface area contributed by atoms with Gasteiger partial charge >= 0.3 is 5.97 Å². The number of carbonyl (C=O) groups excluding carboxylic acids is 1. The van der Waals surface area contributed by atoms with E-state index in [0.717, 1.165) is 53.2 Å². The topological polar surface area (TPSA) is 96.0 Å². The van der Waals surface area contributed by atoms with Crippen molar-refractivity contribution in [3.63, 3.8) is 0 Å². The number of rotatable bonds is 8. The number of piperidine rings is 1. The minimum atomic E-state index is -0.414. The average molecular weight is 465 g/mol. The van der Waals surface area contributed by atoms with E-state index in [-0.39, 0.29) is 0 Å². The van der Waals surface area contributed by atoms with Gasteiger partial charge in [-0.2, -0.15) is 11.3 Å². The van der Waals surface area contributed by atoms with Crippen molar-refractivity contribution in [3.8, 4) is 0 Å². The minimum Gasteiger partial charge on any atom is -0.465 e. The molecule has 1 fully saturated rings. The van der Waals surface area contributed by atoms with Crippen LogP contribution >= 0.6 is 11.3 Å². The average Bonchev–Trinajstić information content (AvgIpc) is 3.48. The van der Waals surface area contributed by atoms with Crippen LogP contribution in [0.5, 0.6) is 0 Å². The van der Waals surface area contributed by atoms with Gasteiger partial charge in [0.15, 0.2) is 0 Å². The van der Waals surface area contributed by atoms with Crippen molar-refractivity contribution in [2.75, 3.05) is 38.6 Å². The first-order chi connectivity index (χ1) is 16.2. The molecule has 1 aliphatic heterocycles. The summed E-state index contributed by atoms with van der Waals surface area (Å²) in [4.78, 5) is 32.0. The van der Waals surface area contributed by atoms with Gasteiger partial charge < -0.3 is 19.9 Å². The quantitative estimate of drug-likeness (QED) is 0.297. The van der Waals surface area contributed by atoms with E-state index >= 15 is 0 Å². The Morgan fingerprint density at radius 2 is 2.15 bits per heavy atom. The predicted octanol–water partition coefficient (Wildman–Crippen LogP) is 4.23. The second-order valence-corrected chi connectivity index (χ2v) is 9.22. The number of esters is 1. The van der Waals surface area contributed by atoms with Crippen LogP contribution in [0, 0.1) is 0 Å². The molecule has 0 radical (unpaired) electrons. The third-order valence-electron chi connectivity index (χ3n) is 6.09. The zero-order chi connectivity index (χ0) is 22.6. The number of aromatic nitrogens is 4. The molecule has 0 unspecified atom stereocenters. The number of H-pyrrole nitrogens is 1. The zero-order valence-electron chi connectivity index (χ0n) is 18.8. The Hall–Kier alpha value is -3.04. The molecule has 0 spiro atoms. The first kappa shape index (κ1) is 21.8. The summed E-state index contributed by atoms with van der Waals surface area (Å²) in [6, 6.07) is 3.86. The molecular weight excluding hydrogens is 436 g/mol. The normalized spacial score (nSPS) is 14.7. The molecule has 4 aromatic heterocycles. The number of fused-ring (bicyclic) bond motifs is 3. The van der Waals surface area contributed by atoms with Gasteiger partial charge in [0.25, 0.3) is 0 Å². The maximum absolute atomic E-state index is 12.0. The van der Waals surface area contributed by atoms with Crippen molar-refractivity contribution in [2.24, 2.45) is 0 Å². The standard InChI is InChI=1S/C24H28N6O2S/c1-32-24(31)17-13-18-21(26-14-17)20-22(25-7-5-10-30-8-3-2-4-9-30)28-19(29-23(20)27-18)12-16-6-11-33-15-16/h6,11,13-15H,2-5,7-10,12H2,1H3,(H2,25,27,28,29). The molecule has 4 aromatic rings. The molecule has 8 nitrogen and oxygen atoms in total. The maximum Gasteiger partial charge on any atom is 0.339 e. The summed E-state index contributed by atoms with van der Waals surface area (Å²) in [7, 11) is 1.37. The SMILES string of the molecule is COC(=O)c1cnc2c(c1)[nH]c1nc(Cc3ccsc3)nc(NCCCN3CCCCC3)c12. The monoisotopic (exact) mass is 464 g/mol. The van der Waals surface area contributed by atoms with Gasteiger partial charge in [-0.3, -0.25) is 4.98 Å². The number of ether oxygens (including phenoxy) is 1. The number of methoxy groups -OCH3 is 1. The van der Waals surface area contributed by atoms with Gasteiger partial charge in [0.05, 0.1) is 23.6 Å². The second kappa shape index (κ2) is 9.84. The van der Waals surface area contributed by atoms with Crippen LogP contribution < -0.4 is 5.32 Å². The summed E-state index contributed by atoms with van der Waals surface area (Å²) in [6.07, 6.45) is 7.22. The summed E-state index contributed by atoms with van der Waals surface area (Å²) in [6.45, 7) is 4.33. The lowest BCUT2D eigenvalue weighted by Crippen LogP contribution is -2.31.